The summed E-state index contributed by atoms with van der Waals surface area (Å²) in [4.78, 5) is 22.8. The molecule has 106 valence electrons. The van der Waals surface area contributed by atoms with Crippen molar-refractivity contribution in [2.75, 3.05) is 19.6 Å². The number of carbonyl (C=O) groups is 2. The average Bonchev–Trinajstić information content (AvgIpc) is 2.33. The fourth-order valence-corrected chi connectivity index (χ4v) is 1.20. The van der Waals surface area contributed by atoms with Gasteiger partial charge in [-0.05, 0) is 19.3 Å². The summed E-state index contributed by atoms with van der Waals surface area (Å²) in [7, 11) is 0. The van der Waals surface area contributed by atoms with E-state index in [-0.39, 0.29) is 11.8 Å². The SMILES string of the molecule is CCC(C)NCC(=O)NCCC(=O)NCC(C)C. The molecule has 0 bridgehead atoms. The second-order valence-corrected chi connectivity index (χ2v) is 4.99. The lowest BCUT2D eigenvalue weighted by atomic mass is 10.2. The summed E-state index contributed by atoms with van der Waals surface area (Å²) in [6, 6.07) is 0.338. The van der Waals surface area contributed by atoms with Gasteiger partial charge >= 0.3 is 0 Å². The van der Waals surface area contributed by atoms with Gasteiger partial charge in [0.2, 0.25) is 11.8 Å². The van der Waals surface area contributed by atoms with Crippen molar-refractivity contribution in [3.63, 3.8) is 0 Å². The minimum Gasteiger partial charge on any atom is -0.356 e. The van der Waals surface area contributed by atoms with E-state index in [4.69, 9.17) is 0 Å². The zero-order valence-electron chi connectivity index (χ0n) is 12.0. The van der Waals surface area contributed by atoms with Crippen molar-refractivity contribution in [3.05, 3.63) is 0 Å². The molecule has 0 saturated heterocycles. The normalized spacial score (nSPS) is 12.3. The number of amides is 2. The fourth-order valence-electron chi connectivity index (χ4n) is 1.20. The molecule has 0 aliphatic heterocycles. The molecule has 5 heteroatoms. The van der Waals surface area contributed by atoms with E-state index in [0.717, 1.165) is 6.42 Å². The first-order valence-corrected chi connectivity index (χ1v) is 6.72. The maximum Gasteiger partial charge on any atom is 0.233 e. The third-order valence-electron chi connectivity index (χ3n) is 2.61. The minimum absolute atomic E-state index is 0.0149. The quantitative estimate of drug-likeness (QED) is 0.568. The van der Waals surface area contributed by atoms with Crippen LogP contribution in [-0.2, 0) is 9.59 Å². The third kappa shape index (κ3) is 10.1. The van der Waals surface area contributed by atoms with Crippen molar-refractivity contribution in [1.29, 1.82) is 0 Å². The van der Waals surface area contributed by atoms with Crippen LogP contribution >= 0.6 is 0 Å². The Hall–Kier alpha value is -1.10. The van der Waals surface area contributed by atoms with Crippen LogP contribution in [0.1, 0.15) is 40.5 Å². The van der Waals surface area contributed by atoms with Crippen LogP contribution in [0.4, 0.5) is 0 Å². The van der Waals surface area contributed by atoms with Gasteiger partial charge in [0, 0.05) is 25.6 Å². The maximum absolute atomic E-state index is 11.4. The second kappa shape index (κ2) is 9.88. The Labute approximate surface area is 110 Å². The monoisotopic (exact) mass is 257 g/mol. The Morgan fingerprint density at radius 2 is 1.72 bits per heavy atom. The molecule has 0 spiro atoms. The van der Waals surface area contributed by atoms with Crippen LogP contribution in [0.15, 0.2) is 0 Å². The van der Waals surface area contributed by atoms with Gasteiger partial charge in [-0.25, -0.2) is 0 Å². The van der Waals surface area contributed by atoms with Gasteiger partial charge < -0.3 is 16.0 Å². The van der Waals surface area contributed by atoms with Crippen molar-refractivity contribution in [2.45, 2.75) is 46.6 Å². The highest BCUT2D eigenvalue weighted by Crippen LogP contribution is 1.88. The first-order chi connectivity index (χ1) is 8.45. The lowest BCUT2D eigenvalue weighted by Gasteiger charge is -2.11. The van der Waals surface area contributed by atoms with E-state index in [0.29, 0.717) is 38.0 Å². The molecule has 0 rings (SSSR count). The maximum atomic E-state index is 11.4. The van der Waals surface area contributed by atoms with E-state index in [2.05, 4.69) is 22.9 Å². The summed E-state index contributed by atoms with van der Waals surface area (Å²) < 4.78 is 0. The molecule has 0 radical (unpaired) electrons. The van der Waals surface area contributed by atoms with Crippen LogP contribution in [0.25, 0.3) is 0 Å². The zero-order chi connectivity index (χ0) is 14.0. The van der Waals surface area contributed by atoms with E-state index in [1.807, 2.05) is 20.8 Å². The molecule has 0 aliphatic rings. The summed E-state index contributed by atoms with van der Waals surface area (Å²) in [5, 5.41) is 8.63. The van der Waals surface area contributed by atoms with Crippen LogP contribution in [0.5, 0.6) is 0 Å². The van der Waals surface area contributed by atoms with Gasteiger partial charge in [0.1, 0.15) is 0 Å². The Morgan fingerprint density at radius 1 is 1.06 bits per heavy atom. The molecule has 0 fully saturated rings. The van der Waals surface area contributed by atoms with Gasteiger partial charge in [-0.1, -0.05) is 20.8 Å². The van der Waals surface area contributed by atoms with Gasteiger partial charge in [-0.3, -0.25) is 9.59 Å². The Kier molecular flexibility index (Phi) is 9.28. The summed E-state index contributed by atoms with van der Waals surface area (Å²) in [5.41, 5.74) is 0. The van der Waals surface area contributed by atoms with Crippen LogP contribution in [0.3, 0.4) is 0 Å². The standard InChI is InChI=1S/C13H27N3O2/c1-5-11(4)15-9-13(18)14-7-6-12(17)16-8-10(2)3/h10-11,15H,5-9H2,1-4H3,(H,14,18)(H,16,17). The van der Waals surface area contributed by atoms with Crippen molar-refractivity contribution in [1.82, 2.24) is 16.0 Å². The molecule has 1 unspecified atom stereocenters. The van der Waals surface area contributed by atoms with Crippen LogP contribution in [-0.4, -0.2) is 37.5 Å². The van der Waals surface area contributed by atoms with E-state index in [9.17, 15) is 9.59 Å². The average molecular weight is 257 g/mol. The highest BCUT2D eigenvalue weighted by molar-refractivity contribution is 5.80. The molecule has 18 heavy (non-hydrogen) atoms. The Morgan fingerprint density at radius 3 is 2.28 bits per heavy atom. The fraction of sp³-hybridized carbons (Fsp3) is 0.846. The van der Waals surface area contributed by atoms with Crippen molar-refractivity contribution < 1.29 is 9.59 Å². The summed E-state index contributed by atoms with van der Waals surface area (Å²) in [6.45, 7) is 9.57. The van der Waals surface area contributed by atoms with Gasteiger partial charge in [-0.2, -0.15) is 0 Å². The smallest absolute Gasteiger partial charge is 0.233 e. The molecule has 0 aromatic rings. The van der Waals surface area contributed by atoms with Crippen molar-refractivity contribution in [2.24, 2.45) is 5.92 Å². The predicted octanol–water partition coefficient (Wildman–Crippen LogP) is 0.653. The van der Waals surface area contributed by atoms with E-state index in [1.54, 1.807) is 0 Å². The van der Waals surface area contributed by atoms with E-state index < -0.39 is 0 Å². The second-order valence-electron chi connectivity index (χ2n) is 4.99. The number of hydrogen-bond acceptors (Lipinski definition) is 3. The van der Waals surface area contributed by atoms with Gasteiger partial charge in [-0.15, -0.1) is 0 Å². The van der Waals surface area contributed by atoms with Gasteiger partial charge in [0.25, 0.3) is 0 Å². The van der Waals surface area contributed by atoms with Crippen LogP contribution in [0.2, 0.25) is 0 Å². The topological polar surface area (TPSA) is 70.2 Å². The highest BCUT2D eigenvalue weighted by Gasteiger charge is 2.05. The minimum atomic E-state index is -0.0630. The number of rotatable bonds is 9. The van der Waals surface area contributed by atoms with E-state index >= 15 is 0 Å². The molecule has 0 aromatic carbocycles. The Bertz CT molecular complexity index is 255. The molecule has 0 aromatic heterocycles. The molecule has 0 heterocycles. The number of carbonyl (C=O) groups excluding carboxylic acids is 2. The summed E-state index contributed by atoms with van der Waals surface area (Å²) >= 11 is 0. The molecule has 0 aliphatic carbocycles. The molecule has 5 nitrogen and oxygen atoms in total. The molecular weight excluding hydrogens is 230 g/mol. The highest BCUT2D eigenvalue weighted by atomic mass is 16.2. The van der Waals surface area contributed by atoms with Gasteiger partial charge in [0.15, 0.2) is 0 Å². The molecule has 0 saturated carbocycles. The first-order valence-electron chi connectivity index (χ1n) is 6.72. The lowest BCUT2D eigenvalue weighted by Crippen LogP contribution is -2.39. The number of hydrogen-bond donors (Lipinski definition) is 3. The lowest BCUT2D eigenvalue weighted by molar-refractivity contribution is -0.122. The molecule has 3 N–H and O–H groups in total. The van der Waals surface area contributed by atoms with Crippen LogP contribution in [0, 0.1) is 5.92 Å². The largest absolute Gasteiger partial charge is 0.356 e. The van der Waals surface area contributed by atoms with Crippen molar-refractivity contribution >= 4 is 11.8 Å². The van der Waals surface area contributed by atoms with E-state index in [1.165, 1.54) is 0 Å². The third-order valence-corrected chi connectivity index (χ3v) is 2.61. The predicted molar refractivity (Wildman–Crippen MR) is 73.2 cm³/mol. The first kappa shape index (κ1) is 16.9. The molecule has 2 amide bonds. The summed E-state index contributed by atoms with van der Waals surface area (Å²) in [5.74, 6) is 0.370. The van der Waals surface area contributed by atoms with Crippen LogP contribution < -0.4 is 16.0 Å². The molecule has 1 atom stereocenters. The van der Waals surface area contributed by atoms with Crippen molar-refractivity contribution in [3.8, 4) is 0 Å². The van der Waals surface area contributed by atoms with Gasteiger partial charge in [0.05, 0.1) is 6.54 Å². The molecular formula is C13H27N3O2. The zero-order valence-corrected chi connectivity index (χ0v) is 12.0. The number of nitrogens with one attached hydrogen (secondary N) is 3. The Balaban J connectivity index is 3.53. The summed E-state index contributed by atoms with van der Waals surface area (Å²) in [6.07, 6.45) is 1.33.